The molecule has 0 radical (unpaired) electrons. The van der Waals surface area contributed by atoms with Gasteiger partial charge in [0.05, 0.1) is 6.54 Å². The Labute approximate surface area is 181 Å². The largest absolute Gasteiger partial charge is 0.359 e. The maximum atomic E-state index is 13.0. The molecule has 3 aromatic rings. The van der Waals surface area contributed by atoms with Gasteiger partial charge < -0.3 is 14.7 Å². The molecular formula is C24H26FN3O3. The van der Waals surface area contributed by atoms with E-state index in [4.69, 9.17) is 4.52 Å². The summed E-state index contributed by atoms with van der Waals surface area (Å²) in [6.45, 7) is 7.03. The number of hydrogen-bond acceptors (Lipinski definition) is 4. The van der Waals surface area contributed by atoms with E-state index in [-0.39, 0.29) is 36.4 Å². The maximum Gasteiger partial charge on any atom is 0.273 e. The molecule has 31 heavy (non-hydrogen) atoms. The number of benzene rings is 2. The van der Waals surface area contributed by atoms with E-state index in [0.29, 0.717) is 17.9 Å². The Morgan fingerprint density at radius 3 is 2.42 bits per heavy atom. The Balaban J connectivity index is 1.65. The van der Waals surface area contributed by atoms with Crippen LogP contribution in [0.15, 0.2) is 59.1 Å². The van der Waals surface area contributed by atoms with Crippen molar-refractivity contribution in [3.8, 4) is 0 Å². The highest BCUT2D eigenvalue weighted by Gasteiger charge is 2.20. The average Bonchev–Trinajstić information content (AvgIpc) is 3.21. The minimum Gasteiger partial charge on any atom is -0.359 e. The van der Waals surface area contributed by atoms with Gasteiger partial charge in [0.15, 0.2) is 11.5 Å². The molecule has 1 heterocycles. The molecule has 2 aromatic carbocycles. The first-order chi connectivity index (χ1) is 14.8. The summed E-state index contributed by atoms with van der Waals surface area (Å²) in [4.78, 5) is 27.0. The summed E-state index contributed by atoms with van der Waals surface area (Å²) in [6, 6.07) is 14.8. The van der Waals surface area contributed by atoms with Crippen molar-refractivity contribution in [2.45, 2.75) is 33.9 Å². The molecule has 0 unspecified atom stereocenters. The van der Waals surface area contributed by atoms with E-state index in [1.807, 2.05) is 32.9 Å². The average molecular weight is 423 g/mol. The van der Waals surface area contributed by atoms with Crippen molar-refractivity contribution in [2.24, 2.45) is 5.92 Å². The van der Waals surface area contributed by atoms with Crippen molar-refractivity contribution in [3.63, 3.8) is 0 Å². The number of rotatable bonds is 8. The fourth-order valence-corrected chi connectivity index (χ4v) is 3.10. The van der Waals surface area contributed by atoms with Crippen LogP contribution in [-0.4, -0.2) is 28.4 Å². The Morgan fingerprint density at radius 1 is 1.10 bits per heavy atom. The Kier molecular flexibility index (Phi) is 7.18. The molecule has 1 aromatic heterocycles. The second kappa shape index (κ2) is 10.0. The van der Waals surface area contributed by atoms with E-state index in [1.165, 1.54) is 18.2 Å². The van der Waals surface area contributed by atoms with Crippen LogP contribution >= 0.6 is 0 Å². The van der Waals surface area contributed by atoms with Gasteiger partial charge in [-0.1, -0.05) is 48.8 Å². The molecular weight excluding hydrogens is 397 g/mol. The molecule has 0 fully saturated rings. The monoisotopic (exact) mass is 423 g/mol. The smallest absolute Gasteiger partial charge is 0.273 e. The fourth-order valence-electron chi connectivity index (χ4n) is 3.10. The second-order valence-corrected chi connectivity index (χ2v) is 7.93. The molecule has 0 aliphatic carbocycles. The Hall–Kier alpha value is -3.48. The quantitative estimate of drug-likeness (QED) is 0.584. The minimum absolute atomic E-state index is 0.104. The van der Waals surface area contributed by atoms with Crippen LogP contribution < -0.4 is 5.32 Å². The molecule has 0 saturated heterocycles. The predicted molar refractivity (Wildman–Crippen MR) is 115 cm³/mol. The molecule has 0 saturated carbocycles. The molecule has 0 aliphatic rings. The predicted octanol–water partition coefficient (Wildman–Crippen LogP) is 4.35. The molecule has 6 nitrogen and oxygen atoms in total. The van der Waals surface area contributed by atoms with Crippen LogP contribution in [0.3, 0.4) is 0 Å². The Bertz CT molecular complexity index is 1030. The molecule has 0 spiro atoms. The van der Waals surface area contributed by atoms with Crippen molar-refractivity contribution < 1.29 is 18.5 Å². The zero-order valence-corrected chi connectivity index (χ0v) is 17.9. The maximum absolute atomic E-state index is 13.0. The second-order valence-electron chi connectivity index (χ2n) is 7.93. The van der Waals surface area contributed by atoms with Gasteiger partial charge in [0.25, 0.3) is 11.8 Å². The van der Waals surface area contributed by atoms with Gasteiger partial charge in [-0.05, 0) is 42.7 Å². The first-order valence-electron chi connectivity index (χ1n) is 10.2. The topological polar surface area (TPSA) is 75.4 Å². The van der Waals surface area contributed by atoms with Gasteiger partial charge >= 0.3 is 0 Å². The number of aromatic nitrogens is 1. The molecule has 162 valence electrons. The number of nitrogens with zero attached hydrogens (tertiary/aromatic N) is 2. The summed E-state index contributed by atoms with van der Waals surface area (Å²) < 4.78 is 18.3. The highest BCUT2D eigenvalue weighted by molar-refractivity contribution is 5.94. The molecule has 0 atom stereocenters. The number of aryl methyl sites for hydroxylation is 1. The van der Waals surface area contributed by atoms with Crippen LogP contribution in [0.1, 0.15) is 51.6 Å². The first-order valence-corrected chi connectivity index (χ1v) is 10.2. The highest BCUT2D eigenvalue weighted by Crippen LogP contribution is 2.14. The van der Waals surface area contributed by atoms with E-state index < -0.39 is 5.91 Å². The third-order valence-corrected chi connectivity index (χ3v) is 4.68. The van der Waals surface area contributed by atoms with Gasteiger partial charge in [-0.3, -0.25) is 9.59 Å². The summed E-state index contributed by atoms with van der Waals surface area (Å²) in [5.74, 6) is -0.154. The molecule has 0 aliphatic heterocycles. The van der Waals surface area contributed by atoms with Crippen LogP contribution in [0.25, 0.3) is 0 Å². The molecule has 2 amide bonds. The first kappa shape index (κ1) is 22.2. The third kappa shape index (κ3) is 6.25. The number of amides is 2. The van der Waals surface area contributed by atoms with Gasteiger partial charge in [0, 0.05) is 24.7 Å². The van der Waals surface area contributed by atoms with E-state index in [9.17, 15) is 14.0 Å². The lowest BCUT2D eigenvalue weighted by molar-refractivity contribution is 0.0705. The van der Waals surface area contributed by atoms with E-state index in [1.54, 1.807) is 29.2 Å². The van der Waals surface area contributed by atoms with E-state index >= 15 is 0 Å². The van der Waals surface area contributed by atoms with Gasteiger partial charge in [0.2, 0.25) is 0 Å². The van der Waals surface area contributed by atoms with Crippen molar-refractivity contribution in [1.29, 1.82) is 0 Å². The van der Waals surface area contributed by atoms with Crippen LogP contribution in [0, 0.1) is 18.7 Å². The van der Waals surface area contributed by atoms with E-state index in [2.05, 4.69) is 10.5 Å². The number of carbonyl (C=O) groups is 2. The summed E-state index contributed by atoms with van der Waals surface area (Å²) in [7, 11) is 0. The Morgan fingerprint density at radius 2 is 1.77 bits per heavy atom. The molecule has 0 bridgehead atoms. The van der Waals surface area contributed by atoms with Crippen LogP contribution in [0.2, 0.25) is 0 Å². The lowest BCUT2D eigenvalue weighted by Crippen LogP contribution is -2.33. The van der Waals surface area contributed by atoms with E-state index in [0.717, 1.165) is 11.1 Å². The molecule has 3 rings (SSSR count). The SMILES string of the molecule is Cc1ccc(C(=O)N(Cc2cc(C(=O)NCc3ccc(F)cc3)no2)CC(C)C)cc1. The molecule has 1 N–H and O–H groups in total. The van der Waals surface area contributed by atoms with Crippen LogP contribution in [0.4, 0.5) is 4.39 Å². The lowest BCUT2D eigenvalue weighted by atomic mass is 10.1. The fraction of sp³-hybridized carbons (Fsp3) is 0.292. The zero-order valence-electron chi connectivity index (χ0n) is 17.9. The van der Waals surface area contributed by atoms with Crippen molar-refractivity contribution >= 4 is 11.8 Å². The summed E-state index contributed by atoms with van der Waals surface area (Å²) in [5, 5.41) is 6.56. The highest BCUT2D eigenvalue weighted by atomic mass is 19.1. The van der Waals surface area contributed by atoms with Crippen LogP contribution in [-0.2, 0) is 13.1 Å². The standard InChI is InChI=1S/C24H26FN3O3/c1-16(2)14-28(24(30)19-8-4-17(3)5-9-19)15-21-12-22(27-31-21)23(29)26-13-18-6-10-20(25)11-7-18/h4-12,16H,13-15H2,1-3H3,(H,26,29). The van der Waals surface area contributed by atoms with Gasteiger partial charge in [-0.25, -0.2) is 4.39 Å². The number of halogens is 1. The van der Waals surface area contributed by atoms with Crippen molar-refractivity contribution in [3.05, 3.63) is 88.6 Å². The van der Waals surface area contributed by atoms with Gasteiger partial charge in [-0.15, -0.1) is 0 Å². The third-order valence-electron chi connectivity index (χ3n) is 4.68. The van der Waals surface area contributed by atoms with Crippen molar-refractivity contribution in [2.75, 3.05) is 6.54 Å². The minimum atomic E-state index is -0.403. The van der Waals surface area contributed by atoms with Gasteiger partial charge in [-0.2, -0.15) is 0 Å². The number of nitrogens with one attached hydrogen (secondary N) is 1. The lowest BCUT2D eigenvalue weighted by Gasteiger charge is -2.23. The summed E-state index contributed by atoms with van der Waals surface area (Å²) >= 11 is 0. The molecule has 7 heteroatoms. The normalized spacial score (nSPS) is 10.9. The number of carbonyl (C=O) groups excluding carboxylic acids is 2. The van der Waals surface area contributed by atoms with Crippen LogP contribution in [0.5, 0.6) is 0 Å². The summed E-state index contributed by atoms with van der Waals surface area (Å²) in [6.07, 6.45) is 0. The summed E-state index contributed by atoms with van der Waals surface area (Å²) in [5.41, 5.74) is 2.58. The van der Waals surface area contributed by atoms with Gasteiger partial charge in [0.1, 0.15) is 5.82 Å². The van der Waals surface area contributed by atoms with Crippen molar-refractivity contribution in [1.82, 2.24) is 15.4 Å². The zero-order chi connectivity index (χ0) is 22.4. The number of hydrogen-bond donors (Lipinski definition) is 1.